The van der Waals surface area contributed by atoms with E-state index in [4.69, 9.17) is 4.42 Å². The van der Waals surface area contributed by atoms with Gasteiger partial charge in [-0.05, 0) is 48.0 Å². The lowest BCUT2D eigenvalue weighted by molar-refractivity contribution is 0.670. The molecule has 37 heavy (non-hydrogen) atoms. The summed E-state index contributed by atoms with van der Waals surface area (Å²) in [4.78, 5) is 27.6. The van der Waals surface area contributed by atoms with E-state index in [1.54, 1.807) is 16.7 Å². The Labute approximate surface area is 211 Å². The molecule has 2 aromatic heterocycles. The molecular formula is C32H20N2O3. The molecule has 0 aliphatic carbocycles. The molecule has 0 aliphatic rings. The first-order chi connectivity index (χ1) is 18.2. The van der Waals surface area contributed by atoms with Crippen molar-refractivity contribution >= 4 is 32.8 Å². The molecule has 7 rings (SSSR count). The van der Waals surface area contributed by atoms with Crippen LogP contribution < -0.4 is 11.2 Å². The normalized spacial score (nSPS) is 11.5. The van der Waals surface area contributed by atoms with Gasteiger partial charge in [-0.3, -0.25) is 9.36 Å². The fraction of sp³-hybridized carbons (Fsp3) is 0. The van der Waals surface area contributed by atoms with Gasteiger partial charge in [0.05, 0.1) is 22.3 Å². The summed E-state index contributed by atoms with van der Waals surface area (Å²) in [6, 6.07) is 38.0. The van der Waals surface area contributed by atoms with Crippen molar-refractivity contribution in [3.8, 4) is 22.5 Å². The van der Waals surface area contributed by atoms with Gasteiger partial charge in [-0.25, -0.2) is 9.36 Å². The summed E-state index contributed by atoms with van der Waals surface area (Å²) in [6.07, 6.45) is 0. The van der Waals surface area contributed by atoms with E-state index in [-0.39, 0.29) is 5.56 Å². The number of hydrogen-bond acceptors (Lipinski definition) is 3. The second-order valence-electron chi connectivity index (χ2n) is 8.94. The van der Waals surface area contributed by atoms with Crippen molar-refractivity contribution in [1.82, 2.24) is 9.13 Å². The second-order valence-corrected chi connectivity index (χ2v) is 8.94. The molecule has 0 unspecified atom stereocenters. The third-order valence-corrected chi connectivity index (χ3v) is 6.80. The van der Waals surface area contributed by atoms with Crippen LogP contribution in [-0.2, 0) is 0 Å². The summed E-state index contributed by atoms with van der Waals surface area (Å²) in [5.74, 6) is 0. The van der Waals surface area contributed by atoms with Crippen molar-refractivity contribution < 1.29 is 4.42 Å². The van der Waals surface area contributed by atoms with Crippen LogP contribution in [0.5, 0.6) is 0 Å². The van der Waals surface area contributed by atoms with Crippen LogP contribution in [0.25, 0.3) is 55.3 Å². The fourth-order valence-corrected chi connectivity index (χ4v) is 5.09. The molecule has 0 N–H and O–H groups in total. The summed E-state index contributed by atoms with van der Waals surface area (Å²) in [5.41, 5.74) is 4.29. The molecule has 0 saturated heterocycles. The molecule has 0 saturated carbocycles. The zero-order chi connectivity index (χ0) is 24.9. The Kier molecular flexibility index (Phi) is 4.69. The number of rotatable bonds is 3. The monoisotopic (exact) mass is 480 g/mol. The van der Waals surface area contributed by atoms with E-state index in [0.717, 1.165) is 33.1 Å². The van der Waals surface area contributed by atoms with Crippen LogP contribution in [0.15, 0.2) is 135 Å². The molecule has 0 radical (unpaired) electrons. The third kappa shape index (κ3) is 3.25. The van der Waals surface area contributed by atoms with Gasteiger partial charge in [0.2, 0.25) is 0 Å². The average Bonchev–Trinajstić information content (AvgIpc) is 3.33. The van der Waals surface area contributed by atoms with E-state index in [1.807, 2.05) is 109 Å². The Balaban J connectivity index is 1.57. The van der Waals surface area contributed by atoms with Crippen LogP contribution in [0.3, 0.4) is 0 Å². The average molecular weight is 481 g/mol. The van der Waals surface area contributed by atoms with E-state index in [2.05, 4.69) is 0 Å². The van der Waals surface area contributed by atoms with Crippen molar-refractivity contribution in [1.29, 1.82) is 0 Å². The summed E-state index contributed by atoms with van der Waals surface area (Å²) < 4.78 is 9.08. The first-order valence-corrected chi connectivity index (χ1v) is 12.0. The zero-order valence-corrected chi connectivity index (χ0v) is 19.7. The summed E-state index contributed by atoms with van der Waals surface area (Å²) in [7, 11) is 0. The molecule has 176 valence electrons. The van der Waals surface area contributed by atoms with E-state index >= 15 is 0 Å². The van der Waals surface area contributed by atoms with Gasteiger partial charge in [0.25, 0.3) is 5.56 Å². The maximum Gasteiger partial charge on any atom is 0.340 e. The lowest BCUT2D eigenvalue weighted by Gasteiger charge is -2.15. The van der Waals surface area contributed by atoms with Crippen LogP contribution in [0.1, 0.15) is 0 Å². The Morgan fingerprint density at radius 1 is 0.541 bits per heavy atom. The molecule has 5 heteroatoms. The summed E-state index contributed by atoms with van der Waals surface area (Å²) in [5, 5.41) is 2.51. The molecule has 5 aromatic carbocycles. The standard InChI is InChI=1S/C32H20N2O3/c35-31-27-20-21(24-15-9-16-26-25-14-7-8-17-29(25)37-30(24)26)18-19-28(27)33(22-10-3-1-4-11-22)32(36)34(31)23-12-5-2-6-13-23/h1-20H. The molecule has 7 aromatic rings. The highest BCUT2D eigenvalue weighted by molar-refractivity contribution is 6.09. The molecule has 0 bridgehead atoms. The fourth-order valence-electron chi connectivity index (χ4n) is 5.09. The molecular weight excluding hydrogens is 460 g/mol. The predicted molar refractivity (Wildman–Crippen MR) is 148 cm³/mol. The molecule has 0 aliphatic heterocycles. The minimum Gasteiger partial charge on any atom is -0.455 e. The molecule has 5 nitrogen and oxygen atoms in total. The Morgan fingerprint density at radius 3 is 1.95 bits per heavy atom. The topological polar surface area (TPSA) is 57.1 Å². The van der Waals surface area contributed by atoms with Gasteiger partial charge in [0, 0.05) is 16.3 Å². The Bertz CT molecular complexity index is 2070. The van der Waals surface area contributed by atoms with Crippen LogP contribution >= 0.6 is 0 Å². The highest BCUT2D eigenvalue weighted by atomic mass is 16.3. The first kappa shape index (κ1) is 21.1. The summed E-state index contributed by atoms with van der Waals surface area (Å²) >= 11 is 0. The van der Waals surface area contributed by atoms with Crippen LogP contribution in [0.2, 0.25) is 0 Å². The molecule has 0 spiro atoms. The van der Waals surface area contributed by atoms with Gasteiger partial charge >= 0.3 is 5.69 Å². The molecule has 0 amide bonds. The maximum atomic E-state index is 13.8. The molecule has 2 heterocycles. The van der Waals surface area contributed by atoms with Crippen LogP contribution in [0.4, 0.5) is 0 Å². The van der Waals surface area contributed by atoms with E-state index in [1.165, 1.54) is 4.57 Å². The Hall–Kier alpha value is -5.16. The number of para-hydroxylation sites is 4. The maximum absolute atomic E-state index is 13.8. The SMILES string of the molecule is O=c1c2cc(-c3cccc4c3oc3ccccc34)ccc2n(-c2ccccc2)c(=O)n1-c1ccccc1. The highest BCUT2D eigenvalue weighted by Gasteiger charge is 2.18. The number of nitrogens with zero attached hydrogens (tertiary/aromatic N) is 2. The first-order valence-electron chi connectivity index (χ1n) is 12.0. The van der Waals surface area contributed by atoms with Crippen molar-refractivity contribution in [3.63, 3.8) is 0 Å². The molecule has 0 fully saturated rings. The van der Waals surface area contributed by atoms with Crippen molar-refractivity contribution in [2.24, 2.45) is 0 Å². The van der Waals surface area contributed by atoms with Gasteiger partial charge in [0.15, 0.2) is 0 Å². The van der Waals surface area contributed by atoms with Crippen LogP contribution in [-0.4, -0.2) is 9.13 Å². The van der Waals surface area contributed by atoms with Gasteiger partial charge in [0.1, 0.15) is 11.2 Å². The van der Waals surface area contributed by atoms with Gasteiger partial charge in [-0.1, -0.05) is 78.9 Å². The lowest BCUT2D eigenvalue weighted by atomic mass is 10.0. The number of benzene rings is 5. The smallest absolute Gasteiger partial charge is 0.340 e. The minimum absolute atomic E-state index is 0.364. The van der Waals surface area contributed by atoms with Crippen molar-refractivity contribution in [2.75, 3.05) is 0 Å². The minimum atomic E-state index is -0.415. The van der Waals surface area contributed by atoms with Gasteiger partial charge in [-0.15, -0.1) is 0 Å². The van der Waals surface area contributed by atoms with Gasteiger partial charge < -0.3 is 4.42 Å². The number of furan rings is 1. The molecule has 0 atom stereocenters. The number of aromatic nitrogens is 2. The second kappa shape index (κ2) is 8.21. The van der Waals surface area contributed by atoms with E-state index < -0.39 is 5.69 Å². The van der Waals surface area contributed by atoms with Crippen LogP contribution in [0, 0.1) is 0 Å². The predicted octanol–water partition coefficient (Wildman–Crippen LogP) is 6.71. The highest BCUT2D eigenvalue weighted by Crippen LogP contribution is 2.36. The number of hydrogen-bond donors (Lipinski definition) is 0. The van der Waals surface area contributed by atoms with E-state index in [0.29, 0.717) is 22.3 Å². The van der Waals surface area contributed by atoms with Crippen molar-refractivity contribution in [3.05, 3.63) is 142 Å². The summed E-state index contributed by atoms with van der Waals surface area (Å²) in [6.45, 7) is 0. The quantitative estimate of drug-likeness (QED) is 0.282. The lowest BCUT2D eigenvalue weighted by Crippen LogP contribution is -2.38. The zero-order valence-electron chi connectivity index (χ0n) is 19.7. The third-order valence-electron chi connectivity index (χ3n) is 6.80. The Morgan fingerprint density at radius 2 is 1.19 bits per heavy atom. The largest absolute Gasteiger partial charge is 0.455 e. The van der Waals surface area contributed by atoms with E-state index in [9.17, 15) is 9.59 Å². The van der Waals surface area contributed by atoms with Crippen molar-refractivity contribution in [2.45, 2.75) is 0 Å². The number of fused-ring (bicyclic) bond motifs is 4. The van der Waals surface area contributed by atoms with Gasteiger partial charge in [-0.2, -0.15) is 0 Å².